The van der Waals surface area contributed by atoms with Gasteiger partial charge in [0.05, 0.1) is 6.54 Å². The first-order chi connectivity index (χ1) is 6.74. The predicted molar refractivity (Wildman–Crippen MR) is 58.2 cm³/mol. The Kier molecular flexibility index (Phi) is 2.89. The molecule has 0 bridgehead atoms. The molecule has 0 N–H and O–H groups in total. The van der Waals surface area contributed by atoms with Crippen LogP contribution in [0.1, 0.15) is 12.0 Å². The molecule has 0 saturated carbocycles. The van der Waals surface area contributed by atoms with E-state index in [2.05, 4.69) is 35.5 Å². The number of hydrogen-bond acceptors (Lipinski definition) is 3. The van der Waals surface area contributed by atoms with Crippen LogP contribution < -0.4 is 0 Å². The van der Waals surface area contributed by atoms with Gasteiger partial charge in [-0.25, -0.2) is 4.31 Å². The van der Waals surface area contributed by atoms with E-state index in [9.17, 15) is 4.79 Å². The number of nitrogens with zero attached hydrogens (tertiary/aromatic N) is 1. The summed E-state index contributed by atoms with van der Waals surface area (Å²) < 4.78 is 2.12. The van der Waals surface area contributed by atoms with Crippen LogP contribution in [-0.2, 0) is 4.79 Å². The van der Waals surface area contributed by atoms with Crippen LogP contribution >= 0.6 is 11.9 Å². The number of rotatable bonds is 2. The number of carbonyl (C=O) groups is 1. The zero-order chi connectivity index (χ0) is 9.97. The summed E-state index contributed by atoms with van der Waals surface area (Å²) in [7, 11) is 0. The van der Waals surface area contributed by atoms with Gasteiger partial charge in [-0.15, -0.1) is 0 Å². The Labute approximate surface area is 88.4 Å². The third-order valence-corrected chi connectivity index (χ3v) is 3.30. The van der Waals surface area contributed by atoms with Crippen LogP contribution in [0.15, 0.2) is 29.2 Å². The first-order valence-corrected chi connectivity index (χ1v) is 5.53. The second kappa shape index (κ2) is 4.15. The molecule has 74 valence electrons. The third kappa shape index (κ3) is 2.36. The summed E-state index contributed by atoms with van der Waals surface area (Å²) in [4.78, 5) is 12.3. The molecule has 0 amide bonds. The number of carbonyl (C=O) groups excluding carboxylic acids is 1. The first kappa shape index (κ1) is 9.74. The van der Waals surface area contributed by atoms with Crippen LogP contribution in [0.3, 0.4) is 0 Å². The summed E-state index contributed by atoms with van der Waals surface area (Å²) >= 11 is 1.68. The molecule has 0 radical (unpaired) electrons. The van der Waals surface area contributed by atoms with Gasteiger partial charge in [0.25, 0.3) is 0 Å². The molecule has 2 nitrogen and oxygen atoms in total. The van der Waals surface area contributed by atoms with Gasteiger partial charge in [0.1, 0.15) is 5.78 Å². The van der Waals surface area contributed by atoms with Gasteiger partial charge in [-0.05, 0) is 31.0 Å². The number of aryl methyl sites for hydroxylation is 1. The average molecular weight is 207 g/mol. The largest absolute Gasteiger partial charge is 0.298 e. The van der Waals surface area contributed by atoms with Crippen molar-refractivity contribution in [3.05, 3.63) is 29.8 Å². The van der Waals surface area contributed by atoms with Gasteiger partial charge in [-0.2, -0.15) is 0 Å². The first-order valence-electron chi connectivity index (χ1n) is 4.75. The molecule has 0 spiro atoms. The van der Waals surface area contributed by atoms with Gasteiger partial charge in [-0.3, -0.25) is 4.79 Å². The molecule has 3 heteroatoms. The lowest BCUT2D eigenvalue weighted by Crippen LogP contribution is -2.11. The van der Waals surface area contributed by atoms with Crippen LogP contribution in [0.2, 0.25) is 0 Å². The third-order valence-electron chi connectivity index (χ3n) is 2.25. The van der Waals surface area contributed by atoms with Crippen molar-refractivity contribution in [1.82, 2.24) is 4.31 Å². The molecule has 1 aliphatic heterocycles. The number of hydrogen-bond donors (Lipinski definition) is 0. The highest BCUT2D eigenvalue weighted by atomic mass is 32.2. The maximum Gasteiger partial charge on any atom is 0.149 e. The smallest absolute Gasteiger partial charge is 0.149 e. The Balaban J connectivity index is 1.97. The SMILES string of the molecule is Cc1ccc(SN2CCC(=O)C2)cc1. The molecule has 1 saturated heterocycles. The molecular formula is C11H13NOS. The molecule has 1 aromatic carbocycles. The van der Waals surface area contributed by atoms with Crippen molar-refractivity contribution in [3.63, 3.8) is 0 Å². The van der Waals surface area contributed by atoms with Crippen molar-refractivity contribution in [2.24, 2.45) is 0 Å². The molecule has 0 atom stereocenters. The summed E-state index contributed by atoms with van der Waals surface area (Å²) in [5.41, 5.74) is 1.27. The van der Waals surface area contributed by atoms with E-state index in [1.54, 1.807) is 11.9 Å². The molecule has 2 rings (SSSR count). The van der Waals surface area contributed by atoms with E-state index in [0.29, 0.717) is 18.7 Å². The molecule has 1 fully saturated rings. The highest BCUT2D eigenvalue weighted by molar-refractivity contribution is 7.97. The second-order valence-electron chi connectivity index (χ2n) is 3.56. The number of Topliss-reactive ketones (excluding diaryl/α,β-unsaturated/α-hetero) is 1. The fourth-order valence-electron chi connectivity index (χ4n) is 1.43. The van der Waals surface area contributed by atoms with Gasteiger partial charge in [0.2, 0.25) is 0 Å². The standard InChI is InChI=1S/C11H13NOS/c1-9-2-4-11(5-3-9)14-12-7-6-10(13)8-12/h2-5H,6-8H2,1H3. The fourth-order valence-corrected chi connectivity index (χ4v) is 2.38. The van der Waals surface area contributed by atoms with Crippen molar-refractivity contribution in [1.29, 1.82) is 0 Å². The summed E-state index contributed by atoms with van der Waals surface area (Å²) in [6.07, 6.45) is 0.707. The highest BCUT2D eigenvalue weighted by Crippen LogP contribution is 2.25. The predicted octanol–water partition coefficient (Wildman–Crippen LogP) is 2.28. The molecule has 0 unspecified atom stereocenters. The Morgan fingerprint density at radius 1 is 1.29 bits per heavy atom. The Morgan fingerprint density at radius 2 is 2.00 bits per heavy atom. The highest BCUT2D eigenvalue weighted by Gasteiger charge is 2.19. The van der Waals surface area contributed by atoms with E-state index >= 15 is 0 Å². The normalized spacial score (nSPS) is 17.6. The molecular weight excluding hydrogens is 194 g/mol. The Morgan fingerprint density at radius 3 is 2.57 bits per heavy atom. The van der Waals surface area contributed by atoms with E-state index in [4.69, 9.17) is 0 Å². The van der Waals surface area contributed by atoms with Gasteiger partial charge >= 0.3 is 0 Å². The summed E-state index contributed by atoms with van der Waals surface area (Å²) in [5.74, 6) is 0.351. The second-order valence-corrected chi connectivity index (χ2v) is 4.73. The summed E-state index contributed by atoms with van der Waals surface area (Å²) in [5, 5.41) is 0. The molecule has 1 aliphatic rings. The van der Waals surface area contributed by atoms with E-state index in [-0.39, 0.29) is 0 Å². The Hall–Kier alpha value is -0.800. The molecule has 14 heavy (non-hydrogen) atoms. The van der Waals surface area contributed by atoms with Gasteiger partial charge in [0.15, 0.2) is 0 Å². The van der Waals surface area contributed by atoms with E-state index in [1.165, 1.54) is 10.5 Å². The van der Waals surface area contributed by atoms with E-state index < -0.39 is 0 Å². The zero-order valence-corrected chi connectivity index (χ0v) is 9.01. The van der Waals surface area contributed by atoms with Crippen molar-refractivity contribution < 1.29 is 4.79 Å². The summed E-state index contributed by atoms with van der Waals surface area (Å²) in [6, 6.07) is 8.39. The van der Waals surface area contributed by atoms with Crippen molar-refractivity contribution in [2.75, 3.05) is 13.1 Å². The van der Waals surface area contributed by atoms with E-state index in [1.807, 2.05) is 0 Å². The lowest BCUT2D eigenvalue weighted by Gasteiger charge is -2.11. The number of ketones is 1. The van der Waals surface area contributed by atoms with Crippen molar-refractivity contribution in [3.8, 4) is 0 Å². The Bertz CT molecular complexity index is 334. The lowest BCUT2D eigenvalue weighted by atomic mass is 10.2. The van der Waals surface area contributed by atoms with Crippen molar-refractivity contribution in [2.45, 2.75) is 18.2 Å². The topological polar surface area (TPSA) is 20.3 Å². The molecule has 1 heterocycles. The van der Waals surface area contributed by atoms with Crippen molar-refractivity contribution >= 4 is 17.7 Å². The lowest BCUT2D eigenvalue weighted by molar-refractivity contribution is -0.116. The van der Waals surface area contributed by atoms with Crippen LogP contribution in [0, 0.1) is 6.92 Å². The number of benzene rings is 1. The maximum atomic E-state index is 11.0. The molecule has 0 aromatic heterocycles. The minimum Gasteiger partial charge on any atom is -0.298 e. The van der Waals surface area contributed by atoms with Gasteiger partial charge in [0, 0.05) is 17.9 Å². The minimum absolute atomic E-state index is 0.351. The van der Waals surface area contributed by atoms with E-state index in [0.717, 1.165) is 6.54 Å². The zero-order valence-electron chi connectivity index (χ0n) is 8.19. The monoisotopic (exact) mass is 207 g/mol. The fraction of sp³-hybridized carbons (Fsp3) is 0.364. The molecule has 0 aliphatic carbocycles. The van der Waals surface area contributed by atoms with Crippen LogP contribution in [0.5, 0.6) is 0 Å². The average Bonchev–Trinajstić information content (AvgIpc) is 2.56. The summed E-state index contributed by atoms with van der Waals surface area (Å²) in [6.45, 7) is 3.56. The van der Waals surface area contributed by atoms with Crippen LogP contribution in [0.4, 0.5) is 0 Å². The van der Waals surface area contributed by atoms with Crippen LogP contribution in [-0.4, -0.2) is 23.2 Å². The maximum absolute atomic E-state index is 11.0. The molecule has 1 aromatic rings. The van der Waals surface area contributed by atoms with Gasteiger partial charge < -0.3 is 0 Å². The minimum atomic E-state index is 0.351. The van der Waals surface area contributed by atoms with Crippen LogP contribution in [0.25, 0.3) is 0 Å². The quantitative estimate of drug-likeness (QED) is 0.694. The van der Waals surface area contributed by atoms with Gasteiger partial charge in [-0.1, -0.05) is 17.7 Å².